The molecule has 3 rings (SSSR count). The van der Waals surface area contributed by atoms with Gasteiger partial charge >= 0.3 is 5.97 Å². The SMILES string of the molecule is CC(C)(C)OC=O.CC1(COc2cc(F)c(C(=O)OC(C)(C)C)cc2C2CC2)CNC1. The Balaban J connectivity index is 0.000000423. The highest BCUT2D eigenvalue weighted by Gasteiger charge is 2.34. The average molecular weight is 438 g/mol. The first-order valence-corrected chi connectivity index (χ1v) is 10.7. The molecule has 1 saturated heterocycles. The molecule has 7 heteroatoms. The van der Waals surface area contributed by atoms with E-state index >= 15 is 0 Å². The van der Waals surface area contributed by atoms with Gasteiger partial charge in [-0.05, 0) is 71.9 Å². The van der Waals surface area contributed by atoms with Crippen LogP contribution in [-0.4, -0.2) is 43.3 Å². The second-order valence-corrected chi connectivity index (χ2v) is 10.7. The van der Waals surface area contributed by atoms with Crippen molar-refractivity contribution in [3.8, 4) is 5.75 Å². The van der Waals surface area contributed by atoms with Crippen LogP contribution >= 0.6 is 0 Å². The van der Waals surface area contributed by atoms with Gasteiger partial charge in [-0.1, -0.05) is 6.92 Å². The van der Waals surface area contributed by atoms with Crippen LogP contribution in [-0.2, 0) is 14.3 Å². The predicted octanol–water partition coefficient (Wildman–Crippen LogP) is 4.60. The van der Waals surface area contributed by atoms with Gasteiger partial charge in [0.25, 0.3) is 6.47 Å². The van der Waals surface area contributed by atoms with Gasteiger partial charge in [-0.3, -0.25) is 4.79 Å². The number of hydrogen-bond donors (Lipinski definition) is 1. The number of halogens is 1. The molecule has 0 unspecified atom stereocenters. The maximum absolute atomic E-state index is 14.5. The Kier molecular flexibility index (Phi) is 7.74. The van der Waals surface area contributed by atoms with Crippen LogP contribution in [0.1, 0.15) is 83.1 Å². The zero-order valence-corrected chi connectivity index (χ0v) is 19.8. The van der Waals surface area contributed by atoms with Crippen molar-refractivity contribution in [3.05, 3.63) is 29.1 Å². The minimum absolute atomic E-state index is 0.00398. The lowest BCUT2D eigenvalue weighted by Gasteiger charge is -2.39. The highest BCUT2D eigenvalue weighted by Crippen LogP contribution is 2.45. The van der Waals surface area contributed by atoms with Crippen molar-refractivity contribution >= 4 is 12.4 Å². The monoisotopic (exact) mass is 437 g/mol. The normalized spacial score (nSPS) is 17.5. The van der Waals surface area contributed by atoms with E-state index in [0.717, 1.165) is 31.5 Å². The second kappa shape index (κ2) is 9.55. The van der Waals surface area contributed by atoms with Crippen LogP contribution in [0.3, 0.4) is 0 Å². The van der Waals surface area contributed by atoms with Crippen molar-refractivity contribution in [3.63, 3.8) is 0 Å². The number of hydrogen-bond acceptors (Lipinski definition) is 6. The van der Waals surface area contributed by atoms with Gasteiger partial charge in [0, 0.05) is 24.6 Å². The fraction of sp³-hybridized carbons (Fsp3) is 0.667. The molecule has 0 atom stereocenters. The summed E-state index contributed by atoms with van der Waals surface area (Å²) in [6.07, 6.45) is 2.10. The number of carbonyl (C=O) groups is 2. The summed E-state index contributed by atoms with van der Waals surface area (Å²) in [7, 11) is 0. The first-order chi connectivity index (χ1) is 14.2. The van der Waals surface area contributed by atoms with Gasteiger partial charge in [0.15, 0.2) is 0 Å². The molecular formula is C24H36FNO5. The lowest BCUT2D eigenvalue weighted by atomic mass is 9.85. The lowest BCUT2D eigenvalue weighted by molar-refractivity contribution is -0.138. The van der Waals surface area contributed by atoms with Crippen LogP contribution in [0.4, 0.5) is 4.39 Å². The molecule has 0 spiro atoms. The third-order valence-electron chi connectivity index (χ3n) is 4.82. The third kappa shape index (κ3) is 8.13. The van der Waals surface area contributed by atoms with Crippen molar-refractivity contribution in [1.29, 1.82) is 0 Å². The minimum atomic E-state index is -0.649. The van der Waals surface area contributed by atoms with E-state index in [-0.39, 0.29) is 16.6 Å². The molecule has 0 radical (unpaired) electrons. The molecule has 174 valence electrons. The number of rotatable bonds is 6. The van der Waals surface area contributed by atoms with E-state index in [1.54, 1.807) is 26.8 Å². The van der Waals surface area contributed by atoms with Crippen molar-refractivity contribution in [2.24, 2.45) is 5.41 Å². The first-order valence-electron chi connectivity index (χ1n) is 10.7. The summed E-state index contributed by atoms with van der Waals surface area (Å²) < 4.78 is 30.3. The standard InChI is InChI=1S/C19H26FNO3.C5H10O2/c1-18(2,3)24-17(22)14-7-13(12-5-6-12)16(8-15(14)20)23-11-19(4)9-21-10-19;1-5(2,3)7-4-6/h7-8,12,21H,5-6,9-11H2,1-4H3;4H,1-3H3. The van der Waals surface area contributed by atoms with Crippen LogP contribution in [0.15, 0.2) is 12.1 Å². The minimum Gasteiger partial charge on any atom is -0.493 e. The van der Waals surface area contributed by atoms with E-state index in [0.29, 0.717) is 24.7 Å². The van der Waals surface area contributed by atoms with Crippen LogP contribution in [0.5, 0.6) is 5.75 Å². The predicted molar refractivity (Wildman–Crippen MR) is 117 cm³/mol. The van der Waals surface area contributed by atoms with E-state index in [1.165, 1.54) is 6.07 Å². The Morgan fingerprint density at radius 2 is 1.77 bits per heavy atom. The quantitative estimate of drug-likeness (QED) is 0.518. The highest BCUT2D eigenvalue weighted by molar-refractivity contribution is 5.90. The van der Waals surface area contributed by atoms with Gasteiger partial charge in [0.2, 0.25) is 0 Å². The van der Waals surface area contributed by atoms with Gasteiger partial charge in [-0.15, -0.1) is 0 Å². The molecule has 31 heavy (non-hydrogen) atoms. The highest BCUT2D eigenvalue weighted by atomic mass is 19.1. The molecule has 2 aliphatic rings. The van der Waals surface area contributed by atoms with Crippen molar-refractivity contribution in [2.75, 3.05) is 19.7 Å². The maximum atomic E-state index is 14.5. The van der Waals surface area contributed by atoms with Gasteiger partial charge in [0.05, 0.1) is 12.2 Å². The molecule has 1 N–H and O–H groups in total. The Bertz CT molecular complexity index is 786. The topological polar surface area (TPSA) is 73.9 Å². The Morgan fingerprint density at radius 1 is 1.16 bits per heavy atom. The molecule has 0 aromatic heterocycles. The van der Waals surface area contributed by atoms with Crippen molar-refractivity contribution in [2.45, 2.75) is 78.4 Å². The molecule has 1 heterocycles. The zero-order valence-electron chi connectivity index (χ0n) is 19.8. The van der Waals surface area contributed by atoms with Crippen molar-refractivity contribution in [1.82, 2.24) is 5.32 Å². The summed E-state index contributed by atoms with van der Waals surface area (Å²) in [6, 6.07) is 2.97. The maximum Gasteiger partial charge on any atom is 0.341 e. The van der Waals surface area contributed by atoms with E-state index in [1.807, 2.05) is 20.8 Å². The number of esters is 1. The first kappa shape index (κ1) is 25.1. The third-order valence-corrected chi connectivity index (χ3v) is 4.82. The summed E-state index contributed by atoms with van der Waals surface area (Å²) in [5, 5.41) is 3.23. The van der Waals surface area contributed by atoms with Gasteiger partial charge < -0.3 is 19.5 Å². The zero-order chi connectivity index (χ0) is 23.4. The molecule has 1 aliphatic heterocycles. The fourth-order valence-corrected chi connectivity index (χ4v) is 2.95. The van der Waals surface area contributed by atoms with E-state index < -0.39 is 17.4 Å². The summed E-state index contributed by atoms with van der Waals surface area (Å²) in [5.74, 6) is -0.284. The van der Waals surface area contributed by atoms with Crippen LogP contribution in [0.25, 0.3) is 0 Å². The Morgan fingerprint density at radius 3 is 2.16 bits per heavy atom. The average Bonchev–Trinajstić information content (AvgIpc) is 3.41. The van der Waals surface area contributed by atoms with Gasteiger partial charge in [0.1, 0.15) is 22.8 Å². The molecule has 2 fully saturated rings. The summed E-state index contributed by atoms with van der Waals surface area (Å²) in [6.45, 7) is 15.7. The molecular weight excluding hydrogens is 401 g/mol. The Labute approximate surface area is 184 Å². The van der Waals surface area contributed by atoms with E-state index in [2.05, 4.69) is 17.0 Å². The largest absolute Gasteiger partial charge is 0.493 e. The number of benzene rings is 1. The molecule has 1 saturated carbocycles. The van der Waals surface area contributed by atoms with E-state index in [4.69, 9.17) is 9.47 Å². The smallest absolute Gasteiger partial charge is 0.341 e. The summed E-state index contributed by atoms with van der Waals surface area (Å²) in [4.78, 5) is 21.8. The molecule has 1 aliphatic carbocycles. The molecule has 0 bridgehead atoms. The van der Waals surface area contributed by atoms with Crippen LogP contribution in [0, 0.1) is 11.2 Å². The molecule has 1 aromatic rings. The van der Waals surface area contributed by atoms with Crippen LogP contribution in [0.2, 0.25) is 0 Å². The number of ether oxygens (including phenoxy) is 3. The fourth-order valence-electron chi connectivity index (χ4n) is 2.95. The summed E-state index contributed by atoms with van der Waals surface area (Å²) in [5.41, 5.74) is 0.0523. The molecule has 1 aromatic carbocycles. The molecule has 6 nitrogen and oxygen atoms in total. The van der Waals surface area contributed by atoms with Gasteiger partial charge in [-0.2, -0.15) is 0 Å². The van der Waals surface area contributed by atoms with E-state index in [9.17, 15) is 14.0 Å². The lowest BCUT2D eigenvalue weighted by Crippen LogP contribution is -2.54. The summed E-state index contributed by atoms with van der Waals surface area (Å²) >= 11 is 0. The van der Waals surface area contributed by atoms with Gasteiger partial charge in [-0.25, -0.2) is 9.18 Å². The number of carbonyl (C=O) groups excluding carboxylic acids is 2. The Hall–Kier alpha value is -2.15. The van der Waals surface area contributed by atoms with Crippen molar-refractivity contribution < 1.29 is 28.2 Å². The second-order valence-electron chi connectivity index (χ2n) is 10.7. The molecule has 0 amide bonds. The number of nitrogens with one attached hydrogen (secondary N) is 1. The van der Waals surface area contributed by atoms with Crippen LogP contribution < -0.4 is 10.1 Å².